The second-order valence-electron chi connectivity index (χ2n) is 6.92. The first-order chi connectivity index (χ1) is 11.9. The van der Waals surface area contributed by atoms with E-state index >= 15 is 0 Å². The maximum absolute atomic E-state index is 11.2. The summed E-state index contributed by atoms with van der Waals surface area (Å²) in [6.45, 7) is 4.11. The van der Waals surface area contributed by atoms with Gasteiger partial charge in [-0.15, -0.1) is 0 Å². The quantitative estimate of drug-likeness (QED) is 0.919. The monoisotopic (exact) mass is 336 g/mol. The fourth-order valence-electron chi connectivity index (χ4n) is 3.53. The Balaban J connectivity index is 2.07. The van der Waals surface area contributed by atoms with Crippen LogP contribution >= 0.6 is 0 Å². The molecule has 2 aromatic rings. The number of carbonyl (C=O) groups excluding carboxylic acids is 1. The number of methoxy groups -OCH3 is 1. The van der Waals surface area contributed by atoms with E-state index < -0.39 is 6.09 Å². The highest BCUT2D eigenvalue weighted by atomic mass is 16.6. The minimum absolute atomic E-state index is 0.228. The van der Waals surface area contributed by atoms with Crippen molar-refractivity contribution in [3.63, 3.8) is 0 Å². The van der Waals surface area contributed by atoms with Crippen LogP contribution in [0.25, 0.3) is 11.1 Å². The van der Waals surface area contributed by atoms with E-state index in [1.165, 1.54) is 0 Å². The number of hydrogen-bond donors (Lipinski definition) is 1. The molecule has 1 atom stereocenters. The first kappa shape index (κ1) is 16.8. The number of ether oxygens (including phenoxy) is 2. The van der Waals surface area contributed by atoms with E-state index in [1.54, 1.807) is 19.2 Å². The topological polar surface area (TPSA) is 85.3 Å². The Morgan fingerprint density at radius 1 is 1.28 bits per heavy atom. The van der Waals surface area contributed by atoms with Gasteiger partial charge in [0.2, 0.25) is 0 Å². The zero-order chi connectivity index (χ0) is 18.2. The molecule has 0 aromatic heterocycles. The lowest BCUT2D eigenvalue weighted by Gasteiger charge is -2.26. The molecule has 3 rings (SSSR count). The molecular formula is C20H20N2O3. The van der Waals surface area contributed by atoms with Crippen LogP contribution in [0.5, 0.6) is 5.75 Å². The van der Waals surface area contributed by atoms with Crippen LogP contribution in [0, 0.1) is 16.7 Å². The SMILES string of the molecule is COc1ccc(C#N)cc1-c1ccc2c(c1)CC(C)(C)C2OC(N)=O. The van der Waals surface area contributed by atoms with E-state index in [1.807, 2.05) is 18.2 Å². The summed E-state index contributed by atoms with van der Waals surface area (Å²) in [5, 5.41) is 9.16. The van der Waals surface area contributed by atoms with Gasteiger partial charge in [-0.25, -0.2) is 4.79 Å². The summed E-state index contributed by atoms with van der Waals surface area (Å²) in [4.78, 5) is 11.2. The number of nitrogens with two attached hydrogens (primary N) is 1. The third-order valence-electron chi connectivity index (χ3n) is 4.65. The molecule has 1 aliphatic carbocycles. The molecular weight excluding hydrogens is 316 g/mol. The predicted octanol–water partition coefficient (Wildman–Crippen LogP) is 3.95. The predicted molar refractivity (Wildman–Crippen MR) is 94.0 cm³/mol. The average Bonchev–Trinajstić information content (AvgIpc) is 2.83. The van der Waals surface area contributed by atoms with Gasteiger partial charge in [0.25, 0.3) is 0 Å². The van der Waals surface area contributed by atoms with Gasteiger partial charge in [-0.05, 0) is 41.3 Å². The summed E-state index contributed by atoms with van der Waals surface area (Å²) in [5.74, 6) is 0.709. The number of amides is 1. The first-order valence-electron chi connectivity index (χ1n) is 8.03. The molecule has 1 amide bonds. The maximum atomic E-state index is 11.2. The van der Waals surface area contributed by atoms with Gasteiger partial charge in [0.1, 0.15) is 11.9 Å². The zero-order valence-corrected chi connectivity index (χ0v) is 14.5. The second-order valence-corrected chi connectivity index (χ2v) is 6.92. The van der Waals surface area contributed by atoms with Crippen LogP contribution in [0.2, 0.25) is 0 Å². The molecule has 5 nitrogen and oxygen atoms in total. The first-order valence-corrected chi connectivity index (χ1v) is 8.03. The molecule has 0 spiro atoms. The molecule has 128 valence electrons. The molecule has 0 saturated carbocycles. The summed E-state index contributed by atoms with van der Waals surface area (Å²) < 4.78 is 10.8. The van der Waals surface area contributed by atoms with Crippen LogP contribution in [0.1, 0.15) is 36.6 Å². The van der Waals surface area contributed by atoms with Crippen molar-refractivity contribution in [2.24, 2.45) is 11.1 Å². The van der Waals surface area contributed by atoms with Crippen LogP contribution in [0.4, 0.5) is 4.79 Å². The van der Waals surface area contributed by atoms with E-state index in [-0.39, 0.29) is 11.5 Å². The van der Waals surface area contributed by atoms with Crippen LogP contribution < -0.4 is 10.5 Å². The molecule has 0 fully saturated rings. The Kier molecular flexibility index (Phi) is 4.13. The van der Waals surface area contributed by atoms with E-state index in [0.29, 0.717) is 11.3 Å². The highest BCUT2D eigenvalue weighted by Gasteiger charge is 2.41. The van der Waals surface area contributed by atoms with Crippen LogP contribution in [0.3, 0.4) is 0 Å². The molecule has 0 aliphatic heterocycles. The smallest absolute Gasteiger partial charge is 0.405 e. The Hall–Kier alpha value is -3.00. The molecule has 2 aromatic carbocycles. The van der Waals surface area contributed by atoms with Crippen LogP contribution in [-0.2, 0) is 11.2 Å². The molecule has 0 saturated heterocycles. The van der Waals surface area contributed by atoms with Crippen molar-refractivity contribution in [2.75, 3.05) is 7.11 Å². The van der Waals surface area contributed by atoms with Gasteiger partial charge >= 0.3 is 6.09 Å². The van der Waals surface area contributed by atoms with Crippen molar-refractivity contribution in [1.82, 2.24) is 0 Å². The second kappa shape index (κ2) is 6.14. The summed E-state index contributed by atoms with van der Waals surface area (Å²) in [6.07, 6.45) is -0.353. The maximum Gasteiger partial charge on any atom is 0.405 e. The highest BCUT2D eigenvalue weighted by Crippen LogP contribution is 2.48. The van der Waals surface area contributed by atoms with E-state index in [4.69, 9.17) is 20.5 Å². The summed E-state index contributed by atoms with van der Waals surface area (Å²) in [6, 6.07) is 13.5. The lowest BCUT2D eigenvalue weighted by Crippen LogP contribution is -2.25. The van der Waals surface area contributed by atoms with Gasteiger partial charge in [-0.3, -0.25) is 0 Å². The molecule has 0 radical (unpaired) electrons. The third-order valence-corrected chi connectivity index (χ3v) is 4.65. The number of rotatable bonds is 3. The molecule has 25 heavy (non-hydrogen) atoms. The van der Waals surface area contributed by atoms with Crippen LogP contribution in [0.15, 0.2) is 36.4 Å². The van der Waals surface area contributed by atoms with E-state index in [2.05, 4.69) is 26.0 Å². The summed E-state index contributed by atoms with van der Waals surface area (Å²) in [7, 11) is 1.61. The van der Waals surface area contributed by atoms with Crippen LogP contribution in [-0.4, -0.2) is 13.2 Å². The molecule has 0 bridgehead atoms. The van der Waals surface area contributed by atoms with Crippen molar-refractivity contribution in [3.8, 4) is 22.9 Å². The van der Waals surface area contributed by atoms with Crippen molar-refractivity contribution in [2.45, 2.75) is 26.4 Å². The van der Waals surface area contributed by atoms with E-state index in [9.17, 15) is 4.79 Å². The molecule has 2 N–H and O–H groups in total. The largest absolute Gasteiger partial charge is 0.496 e. The van der Waals surface area contributed by atoms with Gasteiger partial charge in [-0.2, -0.15) is 5.26 Å². The van der Waals surface area contributed by atoms with Crippen molar-refractivity contribution >= 4 is 6.09 Å². The summed E-state index contributed by atoms with van der Waals surface area (Å²) >= 11 is 0. The number of fused-ring (bicyclic) bond motifs is 1. The average molecular weight is 336 g/mol. The zero-order valence-electron chi connectivity index (χ0n) is 14.5. The van der Waals surface area contributed by atoms with Gasteiger partial charge in [0.15, 0.2) is 0 Å². The Morgan fingerprint density at radius 3 is 2.68 bits per heavy atom. The third kappa shape index (κ3) is 3.03. The van der Waals surface area contributed by atoms with Gasteiger partial charge in [0.05, 0.1) is 18.7 Å². The lowest BCUT2D eigenvalue weighted by atomic mass is 9.87. The Morgan fingerprint density at radius 2 is 2.04 bits per heavy atom. The molecule has 1 unspecified atom stereocenters. The van der Waals surface area contributed by atoms with Crippen molar-refractivity contribution in [1.29, 1.82) is 5.26 Å². The normalized spacial score (nSPS) is 17.4. The number of benzene rings is 2. The number of hydrogen-bond acceptors (Lipinski definition) is 4. The minimum atomic E-state index is -0.765. The molecule has 5 heteroatoms. The van der Waals surface area contributed by atoms with Gasteiger partial charge < -0.3 is 15.2 Å². The lowest BCUT2D eigenvalue weighted by molar-refractivity contribution is 0.0392. The fraction of sp³-hybridized carbons (Fsp3) is 0.300. The number of primary amides is 1. The molecule has 1 aliphatic rings. The minimum Gasteiger partial charge on any atom is -0.496 e. The molecule has 0 heterocycles. The number of nitriles is 1. The van der Waals surface area contributed by atoms with Crippen molar-refractivity contribution in [3.05, 3.63) is 53.1 Å². The summed E-state index contributed by atoms with van der Waals surface area (Å²) in [5.41, 5.74) is 9.49. The number of carbonyl (C=O) groups is 1. The Labute approximate surface area is 147 Å². The highest BCUT2D eigenvalue weighted by molar-refractivity contribution is 5.73. The standard InChI is InChI=1S/C20H20N2O3/c1-20(2)10-14-9-13(5-6-15(14)18(20)25-19(22)23)16-8-12(11-21)4-7-17(16)24-3/h4-9,18H,10H2,1-3H3,(H2,22,23). The van der Waals surface area contributed by atoms with E-state index in [0.717, 1.165) is 28.7 Å². The van der Waals surface area contributed by atoms with Gasteiger partial charge in [0, 0.05) is 11.0 Å². The number of nitrogens with zero attached hydrogens (tertiary/aromatic N) is 1. The fourth-order valence-corrected chi connectivity index (χ4v) is 3.53. The Bertz CT molecular complexity index is 881. The van der Waals surface area contributed by atoms with Gasteiger partial charge in [-0.1, -0.05) is 32.0 Å². The van der Waals surface area contributed by atoms with Crippen molar-refractivity contribution < 1.29 is 14.3 Å².